The lowest BCUT2D eigenvalue weighted by molar-refractivity contribution is 0.0924. The molecule has 2 rings (SSSR count). The van der Waals surface area contributed by atoms with Crippen LogP contribution in [0.5, 0.6) is 5.75 Å². The van der Waals surface area contributed by atoms with Crippen molar-refractivity contribution in [1.82, 2.24) is 10.6 Å². The summed E-state index contributed by atoms with van der Waals surface area (Å²) in [5.74, 6) is 0.784. The number of methoxy groups -OCH3 is 1. The fraction of sp³-hybridized carbons (Fsp3) is 0.562. The summed E-state index contributed by atoms with van der Waals surface area (Å²) in [6.45, 7) is 3.16. The van der Waals surface area contributed by atoms with Gasteiger partial charge in [-0.1, -0.05) is 6.92 Å². The van der Waals surface area contributed by atoms with Gasteiger partial charge in [-0.2, -0.15) is 0 Å². The van der Waals surface area contributed by atoms with E-state index in [1.54, 1.807) is 19.2 Å². The molecule has 0 spiro atoms. The van der Waals surface area contributed by atoms with Gasteiger partial charge < -0.3 is 15.4 Å². The van der Waals surface area contributed by atoms with E-state index in [1.165, 1.54) is 0 Å². The van der Waals surface area contributed by atoms with Gasteiger partial charge in [0, 0.05) is 17.6 Å². The molecule has 0 unspecified atom stereocenters. The summed E-state index contributed by atoms with van der Waals surface area (Å²) in [6, 6.07) is 8.17. The summed E-state index contributed by atoms with van der Waals surface area (Å²) in [5.41, 5.74) is 0.694. The highest BCUT2D eigenvalue weighted by Crippen LogP contribution is 2.19. The summed E-state index contributed by atoms with van der Waals surface area (Å²) in [7, 11) is 1.62. The van der Waals surface area contributed by atoms with Gasteiger partial charge in [-0.05, 0) is 56.5 Å². The van der Waals surface area contributed by atoms with E-state index in [-0.39, 0.29) is 5.91 Å². The number of benzene rings is 1. The standard InChI is InChI=1S/C16H24N2O2/c1-3-17-13-6-8-14(9-7-13)18-16(19)12-4-10-15(20-2)11-5-12/h4-5,10-11,13-14,17H,3,6-9H2,1-2H3,(H,18,19). The maximum absolute atomic E-state index is 12.2. The average molecular weight is 276 g/mol. The van der Waals surface area contributed by atoms with E-state index >= 15 is 0 Å². The quantitative estimate of drug-likeness (QED) is 0.868. The maximum atomic E-state index is 12.2. The van der Waals surface area contributed by atoms with Crippen LogP contribution in [0, 0.1) is 0 Å². The Morgan fingerprint density at radius 2 is 1.75 bits per heavy atom. The summed E-state index contributed by atoms with van der Waals surface area (Å²) in [5, 5.41) is 6.60. The summed E-state index contributed by atoms with van der Waals surface area (Å²) in [6.07, 6.45) is 4.39. The minimum atomic E-state index is 0.0135. The Balaban J connectivity index is 1.82. The fourth-order valence-electron chi connectivity index (χ4n) is 2.74. The normalized spacial score (nSPS) is 22.3. The molecule has 0 atom stereocenters. The van der Waals surface area contributed by atoms with Crippen molar-refractivity contribution in [2.24, 2.45) is 0 Å². The van der Waals surface area contributed by atoms with Crippen molar-refractivity contribution in [1.29, 1.82) is 0 Å². The molecule has 1 aromatic carbocycles. The van der Waals surface area contributed by atoms with Crippen molar-refractivity contribution in [3.63, 3.8) is 0 Å². The van der Waals surface area contributed by atoms with E-state index in [4.69, 9.17) is 4.74 Å². The van der Waals surface area contributed by atoms with Crippen LogP contribution in [0.15, 0.2) is 24.3 Å². The van der Waals surface area contributed by atoms with Gasteiger partial charge in [-0.25, -0.2) is 0 Å². The van der Waals surface area contributed by atoms with Crippen LogP contribution in [0.3, 0.4) is 0 Å². The molecule has 110 valence electrons. The van der Waals surface area contributed by atoms with Gasteiger partial charge in [0.25, 0.3) is 5.91 Å². The fourth-order valence-corrected chi connectivity index (χ4v) is 2.74. The first-order valence-electron chi connectivity index (χ1n) is 7.41. The molecule has 0 radical (unpaired) electrons. The zero-order chi connectivity index (χ0) is 14.4. The van der Waals surface area contributed by atoms with E-state index in [0.29, 0.717) is 17.6 Å². The summed E-state index contributed by atoms with van der Waals surface area (Å²) in [4.78, 5) is 12.2. The van der Waals surface area contributed by atoms with Crippen LogP contribution in [0.2, 0.25) is 0 Å². The van der Waals surface area contributed by atoms with Gasteiger partial charge in [0.1, 0.15) is 5.75 Å². The van der Waals surface area contributed by atoms with Crippen LogP contribution in [0.25, 0.3) is 0 Å². The SMILES string of the molecule is CCNC1CCC(NC(=O)c2ccc(OC)cc2)CC1. The van der Waals surface area contributed by atoms with Crippen LogP contribution in [0.4, 0.5) is 0 Å². The van der Waals surface area contributed by atoms with Crippen LogP contribution in [0.1, 0.15) is 43.0 Å². The number of hydrogen-bond acceptors (Lipinski definition) is 3. The Morgan fingerprint density at radius 3 is 2.30 bits per heavy atom. The number of carbonyl (C=O) groups excluding carboxylic acids is 1. The van der Waals surface area contributed by atoms with E-state index in [9.17, 15) is 4.79 Å². The monoisotopic (exact) mass is 276 g/mol. The summed E-state index contributed by atoms with van der Waals surface area (Å²) < 4.78 is 5.09. The Hall–Kier alpha value is -1.55. The molecule has 1 fully saturated rings. The van der Waals surface area contributed by atoms with Crippen molar-refractivity contribution >= 4 is 5.91 Å². The molecule has 0 aliphatic heterocycles. The molecule has 1 aliphatic rings. The molecular formula is C16H24N2O2. The van der Waals surface area contributed by atoms with Crippen LogP contribution in [-0.2, 0) is 0 Å². The van der Waals surface area contributed by atoms with Gasteiger partial charge in [0.2, 0.25) is 0 Å². The molecule has 1 amide bonds. The predicted octanol–water partition coefficient (Wildman–Crippen LogP) is 2.35. The number of amides is 1. The van der Waals surface area contributed by atoms with Crippen LogP contribution in [-0.4, -0.2) is 31.6 Å². The highest BCUT2D eigenvalue weighted by molar-refractivity contribution is 5.94. The minimum Gasteiger partial charge on any atom is -0.497 e. The third kappa shape index (κ3) is 3.97. The molecule has 1 aromatic rings. The van der Waals surface area contributed by atoms with Gasteiger partial charge in [0.05, 0.1) is 7.11 Å². The molecule has 20 heavy (non-hydrogen) atoms. The lowest BCUT2D eigenvalue weighted by Gasteiger charge is -2.29. The lowest BCUT2D eigenvalue weighted by Crippen LogP contribution is -2.42. The van der Waals surface area contributed by atoms with Gasteiger partial charge >= 0.3 is 0 Å². The smallest absolute Gasteiger partial charge is 0.251 e. The predicted molar refractivity (Wildman–Crippen MR) is 80.2 cm³/mol. The van der Waals surface area contributed by atoms with E-state index in [0.717, 1.165) is 38.0 Å². The second-order valence-electron chi connectivity index (χ2n) is 5.31. The third-order valence-electron chi connectivity index (χ3n) is 3.91. The summed E-state index contributed by atoms with van der Waals surface area (Å²) >= 11 is 0. The van der Waals surface area contributed by atoms with Gasteiger partial charge in [0.15, 0.2) is 0 Å². The number of rotatable bonds is 5. The van der Waals surface area contributed by atoms with Gasteiger partial charge in [-0.3, -0.25) is 4.79 Å². The Kier molecular flexibility index (Phi) is 5.41. The second kappa shape index (κ2) is 7.29. The van der Waals surface area contributed by atoms with Crippen molar-refractivity contribution in [2.75, 3.05) is 13.7 Å². The Bertz CT molecular complexity index is 423. The average Bonchev–Trinajstić information content (AvgIpc) is 2.49. The van der Waals surface area contributed by atoms with E-state index < -0.39 is 0 Å². The second-order valence-corrected chi connectivity index (χ2v) is 5.31. The molecule has 1 aliphatic carbocycles. The van der Waals surface area contributed by atoms with E-state index in [1.807, 2.05) is 12.1 Å². The molecule has 0 saturated heterocycles. The lowest BCUT2D eigenvalue weighted by atomic mass is 9.91. The minimum absolute atomic E-state index is 0.0135. The van der Waals surface area contributed by atoms with Gasteiger partial charge in [-0.15, -0.1) is 0 Å². The number of ether oxygens (including phenoxy) is 1. The van der Waals surface area contributed by atoms with Crippen LogP contribution >= 0.6 is 0 Å². The first kappa shape index (κ1) is 14.9. The molecule has 4 heteroatoms. The zero-order valence-corrected chi connectivity index (χ0v) is 12.3. The highest BCUT2D eigenvalue weighted by Gasteiger charge is 2.22. The van der Waals surface area contributed by atoms with E-state index in [2.05, 4.69) is 17.6 Å². The molecule has 1 saturated carbocycles. The topological polar surface area (TPSA) is 50.4 Å². The number of carbonyl (C=O) groups is 1. The largest absolute Gasteiger partial charge is 0.497 e. The van der Waals surface area contributed by atoms with Crippen LogP contribution < -0.4 is 15.4 Å². The first-order chi connectivity index (χ1) is 9.72. The third-order valence-corrected chi connectivity index (χ3v) is 3.91. The first-order valence-corrected chi connectivity index (χ1v) is 7.41. The molecule has 0 aromatic heterocycles. The Morgan fingerprint density at radius 1 is 1.15 bits per heavy atom. The number of hydrogen-bond donors (Lipinski definition) is 2. The molecule has 0 bridgehead atoms. The zero-order valence-electron chi connectivity index (χ0n) is 12.3. The van der Waals surface area contributed by atoms with Crippen molar-refractivity contribution in [3.8, 4) is 5.75 Å². The molecular weight excluding hydrogens is 252 g/mol. The maximum Gasteiger partial charge on any atom is 0.251 e. The highest BCUT2D eigenvalue weighted by atomic mass is 16.5. The molecule has 4 nitrogen and oxygen atoms in total. The molecule has 2 N–H and O–H groups in total. The van der Waals surface area contributed by atoms with Crippen molar-refractivity contribution in [3.05, 3.63) is 29.8 Å². The van der Waals surface area contributed by atoms with Crippen molar-refractivity contribution < 1.29 is 9.53 Å². The number of nitrogens with one attached hydrogen (secondary N) is 2. The molecule has 0 heterocycles. The Labute approximate surface area is 120 Å². The van der Waals surface area contributed by atoms with Crippen molar-refractivity contribution in [2.45, 2.75) is 44.7 Å².